The summed E-state index contributed by atoms with van der Waals surface area (Å²) in [5, 5.41) is 11.7. The Kier molecular flexibility index (Phi) is 38.4. The van der Waals surface area contributed by atoms with Crippen LogP contribution in [0.4, 0.5) is 30.6 Å². The fourth-order valence-corrected chi connectivity index (χ4v) is 12.9. The van der Waals surface area contributed by atoms with Crippen LogP contribution in [0.15, 0.2) is 18.6 Å². The zero-order valence-electron chi connectivity index (χ0n) is 50.1. The first-order chi connectivity index (χ1) is 38.1. The van der Waals surface area contributed by atoms with Gasteiger partial charge in [-0.05, 0) is 43.9 Å². The van der Waals surface area contributed by atoms with E-state index in [1.807, 2.05) is 13.2 Å². The molecule has 1 saturated heterocycles. The molecule has 0 bridgehead atoms. The number of nitrogens with one attached hydrogen (secondary N) is 2. The van der Waals surface area contributed by atoms with E-state index >= 15 is 0 Å². The van der Waals surface area contributed by atoms with Crippen molar-refractivity contribution in [2.24, 2.45) is 12.5 Å². The maximum atomic E-state index is 13.6. The minimum Gasteiger partial charge on any atom is -0.366 e. The summed E-state index contributed by atoms with van der Waals surface area (Å²) in [6.07, 6.45) is 68.4. The third-order valence-electron chi connectivity index (χ3n) is 17.9. The van der Waals surface area contributed by atoms with Gasteiger partial charge in [-0.25, -0.2) is 4.98 Å². The average Bonchev–Trinajstić information content (AvgIpc) is 3.85. The van der Waals surface area contributed by atoms with Crippen molar-refractivity contribution in [3.05, 3.63) is 23.6 Å². The fourth-order valence-electron chi connectivity index (χ4n) is 12.8. The number of aryl methyl sites for hydroxylation is 1. The standard InChI is InChI=1S/C66H117ClF3N7O/c1-76-58-60(56-72-76)74-64-71-57-61(67)62(75-64)73-59-48-46-44-42-40-38-36-34-32-30-28-26-24-22-20-18-16-14-12-10-8-6-4-2-3-5-7-9-11-13-15-17-19-21-23-25-27-29-31-33-35-37-39-41-43-45-47-50-65(51-49-59)52-54-77(55-53-65)63(78)66(68,69)70/h56-59H,2-55H2,1H3,(H2,71,73,74,75). The molecule has 4 rings (SSSR count). The Morgan fingerprint density at radius 3 is 1.18 bits per heavy atom. The number of rotatable bonds is 4. The van der Waals surface area contributed by atoms with Crippen LogP contribution in [-0.4, -0.2) is 55.9 Å². The summed E-state index contributed by atoms with van der Waals surface area (Å²) in [6, 6.07) is 0.0894. The molecule has 2 aromatic heterocycles. The second-order valence-corrected chi connectivity index (χ2v) is 25.3. The van der Waals surface area contributed by atoms with Gasteiger partial charge < -0.3 is 15.5 Å². The Hall–Kier alpha value is -2.56. The zero-order valence-corrected chi connectivity index (χ0v) is 50.9. The number of alkyl halides is 3. The summed E-state index contributed by atoms with van der Waals surface area (Å²) in [5.41, 5.74) is 0.678. The molecule has 2 aliphatic rings. The number of amides is 1. The minimum absolute atomic E-state index is 0.0894. The van der Waals surface area contributed by atoms with Gasteiger partial charge in [-0.1, -0.05) is 307 Å². The molecule has 1 amide bonds. The number of aromatic nitrogens is 4. The number of halogens is 4. The van der Waals surface area contributed by atoms with Crippen LogP contribution in [0.2, 0.25) is 5.02 Å². The maximum absolute atomic E-state index is 13.6. The molecule has 2 fully saturated rings. The minimum atomic E-state index is -4.84. The molecule has 1 spiro atoms. The molecule has 0 aromatic carbocycles. The Bertz CT molecular complexity index is 1730. The van der Waals surface area contributed by atoms with Gasteiger partial charge in [0.1, 0.15) is 5.02 Å². The number of hydrogen-bond donors (Lipinski definition) is 2. The summed E-state index contributed by atoms with van der Waals surface area (Å²) in [4.78, 5) is 22.7. The normalized spacial score (nSPS) is 22.7. The first kappa shape index (κ1) is 67.9. The number of likely N-dealkylation sites (tertiary alicyclic amines) is 1. The van der Waals surface area contributed by atoms with Gasteiger partial charge in [-0.3, -0.25) is 9.48 Å². The van der Waals surface area contributed by atoms with Crippen molar-refractivity contribution in [3.63, 3.8) is 0 Å². The van der Waals surface area contributed by atoms with Crippen molar-refractivity contribution in [2.75, 3.05) is 23.7 Å². The summed E-state index contributed by atoms with van der Waals surface area (Å²) in [5.74, 6) is -0.676. The van der Waals surface area contributed by atoms with Crippen molar-refractivity contribution in [3.8, 4) is 0 Å². The predicted octanol–water partition coefficient (Wildman–Crippen LogP) is 22.1. The van der Waals surface area contributed by atoms with E-state index in [9.17, 15) is 18.0 Å². The number of piperidine rings is 1. The number of anilines is 3. The van der Waals surface area contributed by atoms with Gasteiger partial charge in [0.25, 0.3) is 0 Å². The van der Waals surface area contributed by atoms with Crippen molar-refractivity contribution in [2.45, 2.75) is 346 Å². The molecule has 1 unspecified atom stereocenters. The highest BCUT2D eigenvalue weighted by molar-refractivity contribution is 6.32. The van der Waals surface area contributed by atoms with Crippen LogP contribution in [0.25, 0.3) is 0 Å². The van der Waals surface area contributed by atoms with E-state index in [0.29, 0.717) is 29.6 Å². The molecule has 3 heterocycles. The number of carbonyl (C=O) groups excluding carboxylic acids is 1. The lowest BCUT2D eigenvalue weighted by atomic mass is 9.70. The predicted molar refractivity (Wildman–Crippen MR) is 326 cm³/mol. The summed E-state index contributed by atoms with van der Waals surface area (Å²) >= 11 is 6.77. The van der Waals surface area contributed by atoms with Crippen molar-refractivity contribution in [1.82, 2.24) is 24.6 Å². The molecule has 1 atom stereocenters. The average molecular weight is 1120 g/mol. The lowest BCUT2D eigenvalue weighted by molar-refractivity contribution is -0.187. The third-order valence-corrected chi connectivity index (χ3v) is 18.2. The van der Waals surface area contributed by atoms with Gasteiger partial charge in [0.05, 0.1) is 18.1 Å². The van der Waals surface area contributed by atoms with Gasteiger partial charge in [0.2, 0.25) is 5.95 Å². The van der Waals surface area contributed by atoms with E-state index in [4.69, 9.17) is 16.6 Å². The monoisotopic (exact) mass is 1120 g/mol. The summed E-state index contributed by atoms with van der Waals surface area (Å²) < 4.78 is 42.5. The molecular weight excluding hydrogens is 999 g/mol. The van der Waals surface area contributed by atoms with Gasteiger partial charge >= 0.3 is 12.1 Å². The molecule has 2 aromatic rings. The number of carbonyl (C=O) groups is 1. The van der Waals surface area contributed by atoms with Crippen molar-refractivity contribution < 1.29 is 18.0 Å². The topological polar surface area (TPSA) is 88.0 Å². The lowest BCUT2D eigenvalue weighted by Crippen LogP contribution is -2.48. The number of nitrogens with zero attached hydrogens (tertiary/aromatic N) is 5. The fraction of sp³-hybridized carbons (Fsp3) is 0.879. The van der Waals surface area contributed by atoms with Gasteiger partial charge in [-0.2, -0.15) is 23.3 Å². The summed E-state index contributed by atoms with van der Waals surface area (Å²) in [6.45, 7) is 0.328. The van der Waals surface area contributed by atoms with Gasteiger partial charge in [0, 0.05) is 32.4 Å². The highest BCUT2D eigenvalue weighted by atomic mass is 35.5. The smallest absolute Gasteiger partial charge is 0.366 e. The highest BCUT2D eigenvalue weighted by Crippen LogP contribution is 2.43. The quantitative estimate of drug-likeness (QED) is 0.317. The zero-order chi connectivity index (χ0) is 55.5. The van der Waals surface area contributed by atoms with Gasteiger partial charge in [-0.15, -0.1) is 0 Å². The Balaban J connectivity index is 1.23. The van der Waals surface area contributed by atoms with Crippen LogP contribution in [0.3, 0.4) is 0 Å². The van der Waals surface area contributed by atoms with E-state index in [1.54, 1.807) is 17.1 Å². The van der Waals surface area contributed by atoms with Gasteiger partial charge in [0.15, 0.2) is 5.82 Å². The van der Waals surface area contributed by atoms with Crippen LogP contribution < -0.4 is 10.6 Å². The molecule has 0 radical (unpaired) electrons. The van der Waals surface area contributed by atoms with Crippen molar-refractivity contribution >= 4 is 35.0 Å². The van der Waals surface area contributed by atoms with E-state index in [0.717, 1.165) is 55.5 Å². The van der Waals surface area contributed by atoms with Crippen LogP contribution in [0.1, 0.15) is 334 Å². The molecule has 450 valence electrons. The molecule has 8 nitrogen and oxygen atoms in total. The molecule has 1 saturated carbocycles. The van der Waals surface area contributed by atoms with E-state index < -0.39 is 12.1 Å². The van der Waals surface area contributed by atoms with Crippen LogP contribution in [0, 0.1) is 5.41 Å². The number of hydrogen-bond acceptors (Lipinski definition) is 6. The molecule has 1 aliphatic carbocycles. The molecule has 78 heavy (non-hydrogen) atoms. The first-order valence-corrected chi connectivity index (χ1v) is 33.9. The van der Waals surface area contributed by atoms with Crippen LogP contribution in [-0.2, 0) is 11.8 Å². The highest BCUT2D eigenvalue weighted by Gasteiger charge is 2.45. The Morgan fingerprint density at radius 2 is 0.846 bits per heavy atom. The molecule has 12 heteroatoms. The molecule has 2 N–H and O–H groups in total. The van der Waals surface area contributed by atoms with E-state index in [2.05, 4.69) is 20.7 Å². The van der Waals surface area contributed by atoms with E-state index in [-0.39, 0.29) is 24.5 Å². The van der Waals surface area contributed by atoms with Crippen LogP contribution >= 0.6 is 11.6 Å². The second-order valence-electron chi connectivity index (χ2n) is 24.9. The summed E-state index contributed by atoms with van der Waals surface area (Å²) in [7, 11) is 1.86. The Morgan fingerprint density at radius 1 is 0.500 bits per heavy atom. The first-order valence-electron chi connectivity index (χ1n) is 33.5. The molecular formula is C66H117ClF3N7O. The maximum Gasteiger partial charge on any atom is 0.471 e. The van der Waals surface area contributed by atoms with E-state index in [1.165, 1.54) is 276 Å². The third kappa shape index (κ3) is 33.4. The Labute approximate surface area is 481 Å². The molecule has 1 aliphatic heterocycles. The van der Waals surface area contributed by atoms with Crippen LogP contribution in [0.5, 0.6) is 0 Å². The largest absolute Gasteiger partial charge is 0.471 e. The lowest BCUT2D eigenvalue weighted by Gasteiger charge is -2.43. The SMILES string of the molecule is Cn1cc(Nc2ncc(Cl)c(NC3CCCCCCCCCCCCCCCCCCCCCCCCCCCCCCCCCCCCCCCCCCCCCCCCC4(CC3)CCN(C(=O)C(F)(F)F)CC4)n2)cn1. The second kappa shape index (κ2) is 44.1. The van der Waals surface area contributed by atoms with Crippen molar-refractivity contribution in [1.29, 1.82) is 0 Å².